The molecule has 0 radical (unpaired) electrons. The van der Waals surface area contributed by atoms with Crippen molar-refractivity contribution in [2.75, 3.05) is 13.2 Å². The van der Waals surface area contributed by atoms with E-state index in [0.29, 0.717) is 19.3 Å². The topological polar surface area (TPSA) is 78.9 Å². The summed E-state index contributed by atoms with van der Waals surface area (Å²) in [4.78, 5) is 38.4. The lowest BCUT2D eigenvalue weighted by Gasteiger charge is -2.18. The van der Waals surface area contributed by atoms with E-state index in [2.05, 4.69) is 45.1 Å². The molecular formula is C72H136O6. The lowest BCUT2D eigenvalue weighted by molar-refractivity contribution is -0.167. The number of allylic oxidation sites excluding steroid dienone is 4. The number of hydrogen-bond acceptors (Lipinski definition) is 6. The number of carbonyl (C=O) groups is 3. The molecule has 0 aromatic carbocycles. The Bertz CT molecular complexity index is 1260. The van der Waals surface area contributed by atoms with Gasteiger partial charge in [-0.1, -0.05) is 334 Å². The summed E-state index contributed by atoms with van der Waals surface area (Å²) < 4.78 is 17.0. The Labute approximate surface area is 487 Å². The second kappa shape index (κ2) is 67.4. The summed E-state index contributed by atoms with van der Waals surface area (Å²) in [6.07, 6.45) is 82.1. The van der Waals surface area contributed by atoms with E-state index in [1.54, 1.807) is 0 Å². The molecule has 0 heterocycles. The van der Waals surface area contributed by atoms with E-state index in [4.69, 9.17) is 14.2 Å². The van der Waals surface area contributed by atoms with Crippen LogP contribution in [0.3, 0.4) is 0 Å². The molecule has 6 heteroatoms. The first-order valence-corrected chi connectivity index (χ1v) is 35.3. The molecule has 0 bridgehead atoms. The number of carbonyl (C=O) groups excluding carboxylic acids is 3. The lowest BCUT2D eigenvalue weighted by Crippen LogP contribution is -2.30. The summed E-state index contributed by atoms with van der Waals surface area (Å²) in [5.74, 6) is -0.849. The van der Waals surface area contributed by atoms with Gasteiger partial charge in [0, 0.05) is 19.3 Å². The predicted octanol–water partition coefficient (Wildman–Crippen LogP) is 24.2. The molecule has 1 unspecified atom stereocenters. The van der Waals surface area contributed by atoms with E-state index >= 15 is 0 Å². The van der Waals surface area contributed by atoms with Crippen LogP contribution in [0.2, 0.25) is 0 Å². The van der Waals surface area contributed by atoms with Gasteiger partial charge in [-0.2, -0.15) is 0 Å². The average Bonchev–Trinajstić information content (AvgIpc) is 3.44. The van der Waals surface area contributed by atoms with Gasteiger partial charge < -0.3 is 14.2 Å². The molecule has 0 aromatic rings. The fourth-order valence-corrected chi connectivity index (χ4v) is 10.8. The third-order valence-corrected chi connectivity index (χ3v) is 16.2. The first kappa shape index (κ1) is 75.9. The molecule has 0 aliphatic rings. The zero-order valence-electron chi connectivity index (χ0n) is 53.0. The maximum atomic E-state index is 12.9. The van der Waals surface area contributed by atoms with Crippen molar-refractivity contribution >= 4 is 17.9 Å². The minimum Gasteiger partial charge on any atom is -0.462 e. The van der Waals surface area contributed by atoms with E-state index in [9.17, 15) is 14.4 Å². The van der Waals surface area contributed by atoms with Crippen molar-refractivity contribution in [2.45, 2.75) is 406 Å². The third kappa shape index (κ3) is 64.7. The molecule has 0 spiro atoms. The smallest absolute Gasteiger partial charge is 0.306 e. The van der Waals surface area contributed by atoms with E-state index in [0.717, 1.165) is 64.2 Å². The van der Waals surface area contributed by atoms with Crippen molar-refractivity contribution in [1.82, 2.24) is 0 Å². The summed E-state index contributed by atoms with van der Waals surface area (Å²) >= 11 is 0. The molecule has 78 heavy (non-hydrogen) atoms. The fraction of sp³-hybridized carbons (Fsp3) is 0.903. The Kier molecular flexibility index (Phi) is 65.6. The highest BCUT2D eigenvalue weighted by Gasteiger charge is 2.19. The van der Waals surface area contributed by atoms with E-state index in [1.807, 2.05) is 0 Å². The molecule has 0 aromatic heterocycles. The van der Waals surface area contributed by atoms with Gasteiger partial charge in [-0.3, -0.25) is 14.4 Å². The molecule has 0 N–H and O–H groups in total. The Morgan fingerprint density at radius 3 is 0.667 bits per heavy atom. The van der Waals surface area contributed by atoms with Crippen molar-refractivity contribution in [2.24, 2.45) is 0 Å². The summed E-state index contributed by atoms with van der Waals surface area (Å²) in [5.41, 5.74) is 0. The molecule has 0 saturated carbocycles. The van der Waals surface area contributed by atoms with E-state index in [1.165, 1.54) is 295 Å². The summed E-state index contributed by atoms with van der Waals surface area (Å²) in [6.45, 7) is 6.69. The van der Waals surface area contributed by atoms with Crippen molar-refractivity contribution in [3.05, 3.63) is 24.3 Å². The normalized spacial score (nSPS) is 12.1. The Balaban J connectivity index is 4.19. The molecule has 0 aliphatic carbocycles. The largest absolute Gasteiger partial charge is 0.462 e. The standard InChI is InChI=1S/C72H136O6/c1-4-7-10-13-16-19-22-25-27-29-31-33-35-36-38-39-41-43-45-47-50-53-56-59-62-65-71(74)77-68-69(67-76-70(73)64-61-58-55-52-49-24-21-18-15-12-9-6-3)78-72(75)66-63-60-57-54-51-48-46-44-42-40-37-34-32-30-28-26-23-20-17-14-11-8-5-2/h18,21,30,32,69H,4-17,19-20,22-29,31,33-68H2,1-3H3/b21-18-,32-30-. The molecule has 0 aliphatic heterocycles. The summed E-state index contributed by atoms with van der Waals surface area (Å²) in [7, 11) is 0. The average molecular weight is 1100 g/mol. The Hall–Kier alpha value is -2.11. The lowest BCUT2D eigenvalue weighted by atomic mass is 10.0. The van der Waals surface area contributed by atoms with Crippen LogP contribution in [-0.2, 0) is 28.6 Å². The van der Waals surface area contributed by atoms with Gasteiger partial charge in [0.15, 0.2) is 6.10 Å². The van der Waals surface area contributed by atoms with Gasteiger partial charge >= 0.3 is 17.9 Å². The first-order valence-electron chi connectivity index (χ1n) is 35.3. The van der Waals surface area contributed by atoms with Gasteiger partial charge in [0.25, 0.3) is 0 Å². The predicted molar refractivity (Wildman–Crippen MR) is 340 cm³/mol. The van der Waals surface area contributed by atoms with Gasteiger partial charge in [0.05, 0.1) is 0 Å². The van der Waals surface area contributed by atoms with Crippen molar-refractivity contribution < 1.29 is 28.6 Å². The second-order valence-electron chi connectivity index (χ2n) is 24.1. The van der Waals surface area contributed by atoms with Crippen LogP contribution in [-0.4, -0.2) is 37.2 Å². The quantitative estimate of drug-likeness (QED) is 0.0261. The van der Waals surface area contributed by atoms with Crippen LogP contribution in [0.15, 0.2) is 24.3 Å². The molecule has 1 atom stereocenters. The number of esters is 3. The van der Waals surface area contributed by atoms with Crippen molar-refractivity contribution in [3.8, 4) is 0 Å². The monoisotopic (exact) mass is 1100 g/mol. The maximum Gasteiger partial charge on any atom is 0.306 e. The molecular weight excluding hydrogens is 961 g/mol. The highest BCUT2D eigenvalue weighted by molar-refractivity contribution is 5.71. The van der Waals surface area contributed by atoms with Crippen molar-refractivity contribution in [1.29, 1.82) is 0 Å². The Morgan fingerprint density at radius 2 is 0.423 bits per heavy atom. The molecule has 0 fully saturated rings. The SMILES string of the molecule is CCCCC/C=C\CCCCCCCC(=O)OCC(COC(=O)CCCCCCCCCCCCCCCCCCCCCCCCCCC)OC(=O)CCCCCCCCCCCCC/C=C\CCCCCCCCCC. The van der Waals surface area contributed by atoms with Crippen LogP contribution in [0.1, 0.15) is 400 Å². The zero-order chi connectivity index (χ0) is 56.4. The van der Waals surface area contributed by atoms with Crippen molar-refractivity contribution in [3.63, 3.8) is 0 Å². The van der Waals surface area contributed by atoms with E-state index in [-0.39, 0.29) is 31.1 Å². The number of unbranched alkanes of at least 4 members (excludes halogenated alkanes) is 51. The van der Waals surface area contributed by atoms with Crippen LogP contribution in [0.5, 0.6) is 0 Å². The van der Waals surface area contributed by atoms with E-state index < -0.39 is 6.10 Å². The van der Waals surface area contributed by atoms with Gasteiger partial charge in [-0.15, -0.1) is 0 Å². The van der Waals surface area contributed by atoms with Crippen LogP contribution < -0.4 is 0 Å². The molecule has 460 valence electrons. The van der Waals surface area contributed by atoms with Gasteiger partial charge in [0.1, 0.15) is 13.2 Å². The third-order valence-electron chi connectivity index (χ3n) is 16.2. The van der Waals surface area contributed by atoms with Gasteiger partial charge in [0.2, 0.25) is 0 Å². The number of rotatable bonds is 66. The summed E-state index contributed by atoms with van der Waals surface area (Å²) in [6, 6.07) is 0. The number of ether oxygens (including phenoxy) is 3. The number of hydrogen-bond donors (Lipinski definition) is 0. The summed E-state index contributed by atoms with van der Waals surface area (Å²) in [5, 5.41) is 0. The van der Waals surface area contributed by atoms with Gasteiger partial charge in [-0.05, 0) is 70.6 Å². The van der Waals surface area contributed by atoms with Crippen LogP contribution in [0.4, 0.5) is 0 Å². The van der Waals surface area contributed by atoms with Crippen LogP contribution >= 0.6 is 0 Å². The molecule has 0 rings (SSSR count). The highest BCUT2D eigenvalue weighted by atomic mass is 16.6. The molecule has 0 saturated heterocycles. The maximum absolute atomic E-state index is 12.9. The van der Waals surface area contributed by atoms with Crippen LogP contribution in [0.25, 0.3) is 0 Å². The molecule has 0 amide bonds. The fourth-order valence-electron chi connectivity index (χ4n) is 10.8. The minimum absolute atomic E-state index is 0.0687. The Morgan fingerprint density at radius 1 is 0.244 bits per heavy atom. The molecule has 6 nitrogen and oxygen atoms in total. The zero-order valence-corrected chi connectivity index (χ0v) is 53.0. The minimum atomic E-state index is -0.773. The second-order valence-corrected chi connectivity index (χ2v) is 24.1. The highest BCUT2D eigenvalue weighted by Crippen LogP contribution is 2.19. The van der Waals surface area contributed by atoms with Crippen LogP contribution in [0, 0.1) is 0 Å². The first-order chi connectivity index (χ1) is 38.5. The van der Waals surface area contributed by atoms with Gasteiger partial charge in [-0.25, -0.2) is 0 Å².